The molecule has 1 aliphatic carbocycles. The number of carbonyl (C=O) groups excluding carboxylic acids is 1. The molecule has 0 bridgehead atoms. The molecule has 2 rings (SSSR count). The number of nitro benzene ring substituents is 1. The first-order valence-corrected chi connectivity index (χ1v) is 7.03. The van der Waals surface area contributed by atoms with Crippen LogP contribution in [0.1, 0.15) is 23.2 Å². The Morgan fingerprint density at radius 2 is 2.15 bits per heavy atom. The highest BCUT2D eigenvalue weighted by Crippen LogP contribution is 2.33. The average molecular weight is 317 g/mol. The summed E-state index contributed by atoms with van der Waals surface area (Å²) in [5, 5.41) is 11.4. The lowest BCUT2D eigenvalue weighted by molar-refractivity contribution is -0.385. The first-order chi connectivity index (χ1) is 9.38. The molecular formula is C13H14Cl2N2O3. The van der Waals surface area contributed by atoms with Crippen LogP contribution >= 0.6 is 23.2 Å². The second kappa shape index (κ2) is 5.97. The molecule has 1 aromatic carbocycles. The molecule has 1 aromatic rings. The van der Waals surface area contributed by atoms with Gasteiger partial charge in [0.05, 0.1) is 4.92 Å². The van der Waals surface area contributed by atoms with Gasteiger partial charge in [-0.3, -0.25) is 14.9 Å². The smallest absolute Gasteiger partial charge is 0.283 e. The molecule has 0 unspecified atom stereocenters. The minimum Gasteiger partial charge on any atom is -0.341 e. The summed E-state index contributed by atoms with van der Waals surface area (Å²) in [4.78, 5) is 24.2. The highest BCUT2D eigenvalue weighted by atomic mass is 35.5. The van der Waals surface area contributed by atoms with Crippen molar-refractivity contribution in [1.82, 2.24) is 4.90 Å². The third-order valence-electron chi connectivity index (χ3n) is 3.44. The molecule has 108 valence electrons. The minimum atomic E-state index is -0.592. The van der Waals surface area contributed by atoms with Crippen LogP contribution < -0.4 is 0 Å². The Kier molecular flexibility index (Phi) is 4.50. The van der Waals surface area contributed by atoms with E-state index in [-0.39, 0.29) is 27.6 Å². The van der Waals surface area contributed by atoms with Crippen LogP contribution in [0.4, 0.5) is 5.69 Å². The fourth-order valence-electron chi connectivity index (χ4n) is 2.32. The molecule has 1 fully saturated rings. The lowest BCUT2D eigenvalue weighted by atomic mass is 9.84. The van der Waals surface area contributed by atoms with Gasteiger partial charge in [0.2, 0.25) is 0 Å². The molecule has 0 radical (unpaired) electrons. The topological polar surface area (TPSA) is 63.5 Å². The molecule has 0 N–H and O–H groups in total. The third-order valence-corrected chi connectivity index (χ3v) is 4.04. The molecule has 0 aliphatic heterocycles. The van der Waals surface area contributed by atoms with Gasteiger partial charge in [-0.25, -0.2) is 0 Å². The Balaban J connectivity index is 2.13. The van der Waals surface area contributed by atoms with Crippen molar-refractivity contribution in [1.29, 1.82) is 0 Å². The molecule has 5 nitrogen and oxygen atoms in total. The molecule has 7 heteroatoms. The summed E-state index contributed by atoms with van der Waals surface area (Å²) in [6, 6.07) is 4.07. The zero-order valence-electron chi connectivity index (χ0n) is 10.9. The molecule has 1 saturated carbocycles. The quantitative estimate of drug-likeness (QED) is 0.486. The number of alkyl halides is 1. The fourth-order valence-corrected chi connectivity index (χ4v) is 2.99. The molecule has 0 heterocycles. The SMILES string of the molecule is CN(CC1CC(Cl)C1)C(=O)c1ccc(Cl)cc1[N+](=O)[O-]. The Labute approximate surface area is 126 Å². The van der Waals surface area contributed by atoms with Crippen molar-refractivity contribution in [2.24, 2.45) is 5.92 Å². The zero-order chi connectivity index (χ0) is 14.9. The summed E-state index contributed by atoms with van der Waals surface area (Å²) < 4.78 is 0. The molecule has 20 heavy (non-hydrogen) atoms. The summed E-state index contributed by atoms with van der Waals surface area (Å²) in [7, 11) is 1.64. The predicted molar refractivity (Wildman–Crippen MR) is 77.4 cm³/mol. The van der Waals surface area contributed by atoms with E-state index in [2.05, 4.69) is 0 Å². The predicted octanol–water partition coefficient (Wildman–Crippen LogP) is 3.34. The van der Waals surface area contributed by atoms with E-state index in [4.69, 9.17) is 23.2 Å². The first kappa shape index (κ1) is 15.1. The Hall–Kier alpha value is -1.33. The second-order valence-electron chi connectivity index (χ2n) is 5.04. The van der Waals surface area contributed by atoms with Gasteiger partial charge in [-0.2, -0.15) is 0 Å². The van der Waals surface area contributed by atoms with Gasteiger partial charge >= 0.3 is 0 Å². The third kappa shape index (κ3) is 3.22. The number of benzene rings is 1. The molecular weight excluding hydrogens is 303 g/mol. The normalized spacial score (nSPS) is 21.1. The van der Waals surface area contributed by atoms with E-state index in [1.807, 2.05) is 0 Å². The number of nitro groups is 1. The van der Waals surface area contributed by atoms with Crippen LogP contribution in [0.25, 0.3) is 0 Å². The maximum absolute atomic E-state index is 12.3. The van der Waals surface area contributed by atoms with Crippen LogP contribution in [0.5, 0.6) is 0 Å². The van der Waals surface area contributed by atoms with Gasteiger partial charge in [0.15, 0.2) is 0 Å². The van der Waals surface area contributed by atoms with Crippen LogP contribution in [0, 0.1) is 16.0 Å². The van der Waals surface area contributed by atoms with Gasteiger partial charge in [0.25, 0.3) is 11.6 Å². The fraction of sp³-hybridized carbons (Fsp3) is 0.462. The number of nitrogens with zero attached hydrogens (tertiary/aromatic N) is 2. The van der Waals surface area contributed by atoms with Crippen LogP contribution in [0.15, 0.2) is 18.2 Å². The van der Waals surface area contributed by atoms with Crippen LogP contribution in [-0.2, 0) is 0 Å². The van der Waals surface area contributed by atoms with E-state index < -0.39 is 4.92 Å². The highest BCUT2D eigenvalue weighted by molar-refractivity contribution is 6.31. The van der Waals surface area contributed by atoms with Crippen molar-refractivity contribution in [3.8, 4) is 0 Å². The average Bonchev–Trinajstić information content (AvgIpc) is 2.35. The number of hydrogen-bond acceptors (Lipinski definition) is 3. The van der Waals surface area contributed by atoms with E-state index in [1.165, 1.54) is 23.1 Å². The maximum atomic E-state index is 12.3. The Morgan fingerprint density at radius 1 is 1.50 bits per heavy atom. The summed E-state index contributed by atoms with van der Waals surface area (Å²) in [6.45, 7) is 0.557. The number of amides is 1. The van der Waals surface area contributed by atoms with Gasteiger partial charge < -0.3 is 4.90 Å². The maximum Gasteiger partial charge on any atom is 0.283 e. The lowest BCUT2D eigenvalue weighted by Crippen LogP contribution is -2.38. The van der Waals surface area contributed by atoms with Gasteiger partial charge in [-0.15, -0.1) is 11.6 Å². The largest absolute Gasteiger partial charge is 0.341 e. The van der Waals surface area contributed by atoms with Crippen LogP contribution in [-0.4, -0.2) is 34.7 Å². The van der Waals surface area contributed by atoms with Crippen molar-refractivity contribution >= 4 is 34.8 Å². The van der Waals surface area contributed by atoms with E-state index in [1.54, 1.807) is 7.05 Å². The van der Waals surface area contributed by atoms with Gasteiger partial charge in [0.1, 0.15) is 5.56 Å². The van der Waals surface area contributed by atoms with E-state index in [0.717, 1.165) is 12.8 Å². The van der Waals surface area contributed by atoms with Crippen molar-refractivity contribution in [3.63, 3.8) is 0 Å². The molecule has 1 aliphatic rings. The highest BCUT2D eigenvalue weighted by Gasteiger charge is 2.30. The van der Waals surface area contributed by atoms with Crippen molar-refractivity contribution < 1.29 is 9.72 Å². The number of carbonyl (C=O) groups is 1. The summed E-state index contributed by atoms with van der Waals surface area (Å²) in [5.74, 6) is 0.00388. The molecule has 0 aromatic heterocycles. The van der Waals surface area contributed by atoms with Crippen LogP contribution in [0.3, 0.4) is 0 Å². The molecule has 1 amide bonds. The van der Waals surface area contributed by atoms with E-state index in [0.29, 0.717) is 12.5 Å². The van der Waals surface area contributed by atoms with Crippen molar-refractivity contribution in [3.05, 3.63) is 38.9 Å². The monoisotopic (exact) mass is 316 g/mol. The summed E-state index contributed by atoms with van der Waals surface area (Å²) >= 11 is 11.6. The molecule has 0 spiro atoms. The number of hydrogen-bond donors (Lipinski definition) is 0. The van der Waals surface area contributed by atoms with Crippen molar-refractivity contribution in [2.45, 2.75) is 18.2 Å². The van der Waals surface area contributed by atoms with E-state index >= 15 is 0 Å². The van der Waals surface area contributed by atoms with E-state index in [9.17, 15) is 14.9 Å². The van der Waals surface area contributed by atoms with Gasteiger partial charge in [-0.05, 0) is 30.9 Å². The standard InChI is InChI=1S/C13H14Cl2N2O3/c1-16(7-8-4-10(15)5-8)13(18)11-3-2-9(14)6-12(11)17(19)20/h2-3,6,8,10H,4-5,7H2,1H3. The first-order valence-electron chi connectivity index (χ1n) is 6.22. The van der Waals surface area contributed by atoms with Gasteiger partial charge in [0, 0.05) is 30.1 Å². The summed E-state index contributed by atoms with van der Waals surface area (Å²) in [5.41, 5.74) is -0.207. The molecule has 0 saturated heterocycles. The van der Waals surface area contributed by atoms with Gasteiger partial charge in [-0.1, -0.05) is 11.6 Å². The summed E-state index contributed by atoms with van der Waals surface area (Å²) in [6.07, 6.45) is 1.75. The zero-order valence-corrected chi connectivity index (χ0v) is 12.4. The van der Waals surface area contributed by atoms with Crippen LogP contribution in [0.2, 0.25) is 5.02 Å². The molecule has 0 atom stereocenters. The number of rotatable bonds is 4. The number of halogens is 2. The van der Waals surface area contributed by atoms with Crippen molar-refractivity contribution in [2.75, 3.05) is 13.6 Å². The Bertz CT molecular complexity index is 544. The lowest BCUT2D eigenvalue weighted by Gasteiger charge is -2.34. The minimum absolute atomic E-state index is 0.0589. The second-order valence-corrected chi connectivity index (χ2v) is 6.09. The Morgan fingerprint density at radius 3 is 2.70 bits per heavy atom.